The molecule has 1 aromatic heterocycles. The van der Waals surface area contributed by atoms with Crippen LogP contribution in [0.4, 0.5) is 10.1 Å². The summed E-state index contributed by atoms with van der Waals surface area (Å²) < 4.78 is 18.7. The number of rotatable bonds is 5. The Balaban J connectivity index is 1.39. The smallest absolute Gasteiger partial charge is 0.230 e. The molecule has 168 valence electrons. The van der Waals surface area contributed by atoms with E-state index < -0.39 is 5.41 Å². The Morgan fingerprint density at radius 3 is 2.50 bits per heavy atom. The fraction of sp³-hybridized carbons (Fsp3) is 0.500. The number of pyridine rings is 1. The minimum atomic E-state index is -0.559. The molecule has 1 aromatic carbocycles. The molecule has 0 N–H and O–H groups in total. The predicted molar refractivity (Wildman–Crippen MR) is 119 cm³/mol. The Hall–Kier alpha value is -2.60. The number of fused-ring (bicyclic) bond motifs is 1. The van der Waals surface area contributed by atoms with Crippen molar-refractivity contribution >= 4 is 17.4 Å². The van der Waals surface area contributed by atoms with Gasteiger partial charge in [-0.25, -0.2) is 4.39 Å². The van der Waals surface area contributed by atoms with Gasteiger partial charge in [-0.1, -0.05) is 18.6 Å². The lowest BCUT2D eigenvalue weighted by atomic mass is 9.62. The van der Waals surface area contributed by atoms with Crippen molar-refractivity contribution in [3.8, 4) is 0 Å². The molecule has 2 aromatic rings. The predicted octanol–water partition coefficient (Wildman–Crippen LogP) is 4.16. The Morgan fingerprint density at radius 1 is 1.06 bits per heavy atom. The molecule has 0 spiro atoms. The van der Waals surface area contributed by atoms with Crippen molar-refractivity contribution in [1.82, 2.24) is 4.98 Å². The van der Waals surface area contributed by atoms with Gasteiger partial charge in [-0.3, -0.25) is 14.6 Å². The molecular formula is C26H29FN2O3. The first-order chi connectivity index (χ1) is 15.6. The van der Waals surface area contributed by atoms with E-state index in [9.17, 15) is 14.0 Å². The van der Waals surface area contributed by atoms with Crippen LogP contribution in [0.1, 0.15) is 55.5 Å². The number of carbonyl (C=O) groups excluding carboxylic acids is 2. The number of benzene rings is 1. The average Bonchev–Trinajstić information content (AvgIpc) is 2.79. The average molecular weight is 437 g/mol. The van der Waals surface area contributed by atoms with Crippen LogP contribution in [0.25, 0.3) is 0 Å². The number of hydrogen-bond donors (Lipinski definition) is 0. The van der Waals surface area contributed by atoms with Crippen molar-refractivity contribution in [3.05, 3.63) is 59.2 Å². The van der Waals surface area contributed by atoms with Crippen LogP contribution < -0.4 is 4.90 Å². The highest BCUT2D eigenvalue weighted by Gasteiger charge is 2.46. The molecule has 3 heterocycles. The standard InChI is InChI=1S/C26H29FN2O3/c27-20-6-4-18(5-7-20)17-24(30)26(12-2-13-26)23-9-8-22-21(28-23)3-1-14-29(22)25(31)19-10-15-32-16-11-19/h4-9,19H,1-3,10-17H2. The molecule has 0 bridgehead atoms. The molecule has 0 radical (unpaired) electrons. The zero-order chi connectivity index (χ0) is 22.1. The van der Waals surface area contributed by atoms with Gasteiger partial charge < -0.3 is 9.64 Å². The lowest BCUT2D eigenvalue weighted by molar-refractivity contribution is -0.127. The van der Waals surface area contributed by atoms with Gasteiger partial charge in [-0.05, 0) is 68.4 Å². The second kappa shape index (κ2) is 8.74. The number of hydrogen-bond acceptors (Lipinski definition) is 4. The first-order valence-electron chi connectivity index (χ1n) is 11.7. The third-order valence-electron chi connectivity index (χ3n) is 7.38. The fourth-order valence-electron chi connectivity index (χ4n) is 5.27. The van der Waals surface area contributed by atoms with Crippen LogP contribution in [0.3, 0.4) is 0 Å². The van der Waals surface area contributed by atoms with Gasteiger partial charge in [-0.2, -0.15) is 0 Å². The highest BCUT2D eigenvalue weighted by atomic mass is 19.1. The molecule has 1 saturated carbocycles. The van der Waals surface area contributed by atoms with Crippen LogP contribution in [0.2, 0.25) is 0 Å². The largest absolute Gasteiger partial charge is 0.381 e. The summed E-state index contributed by atoms with van der Waals surface area (Å²) in [5.41, 5.74) is 2.92. The summed E-state index contributed by atoms with van der Waals surface area (Å²) in [5, 5.41) is 0. The number of amides is 1. The van der Waals surface area contributed by atoms with Gasteiger partial charge in [-0.15, -0.1) is 0 Å². The number of carbonyl (C=O) groups is 2. The van der Waals surface area contributed by atoms with Crippen LogP contribution >= 0.6 is 0 Å². The number of ketones is 1. The van der Waals surface area contributed by atoms with Crippen molar-refractivity contribution < 1.29 is 18.7 Å². The molecule has 5 rings (SSSR count). The van der Waals surface area contributed by atoms with E-state index in [1.165, 1.54) is 12.1 Å². The summed E-state index contributed by atoms with van der Waals surface area (Å²) >= 11 is 0. The van der Waals surface area contributed by atoms with E-state index in [4.69, 9.17) is 9.72 Å². The highest BCUT2D eigenvalue weighted by Crippen LogP contribution is 2.45. The number of nitrogens with zero attached hydrogens (tertiary/aromatic N) is 2. The van der Waals surface area contributed by atoms with Gasteiger partial charge in [0.1, 0.15) is 11.6 Å². The third-order valence-corrected chi connectivity index (χ3v) is 7.38. The topological polar surface area (TPSA) is 59.5 Å². The van der Waals surface area contributed by atoms with Gasteiger partial charge in [0.2, 0.25) is 5.91 Å². The quantitative estimate of drug-likeness (QED) is 0.706. The Kier molecular flexibility index (Phi) is 5.80. The van der Waals surface area contributed by atoms with Crippen molar-refractivity contribution in [3.63, 3.8) is 0 Å². The van der Waals surface area contributed by atoms with Gasteiger partial charge in [0.05, 0.1) is 22.5 Å². The van der Waals surface area contributed by atoms with E-state index in [1.54, 1.807) is 12.1 Å². The minimum absolute atomic E-state index is 0.0182. The Morgan fingerprint density at radius 2 is 1.81 bits per heavy atom. The molecule has 32 heavy (non-hydrogen) atoms. The van der Waals surface area contributed by atoms with Crippen LogP contribution in [0.5, 0.6) is 0 Å². The zero-order valence-corrected chi connectivity index (χ0v) is 18.3. The van der Waals surface area contributed by atoms with E-state index in [0.717, 1.165) is 74.1 Å². The summed E-state index contributed by atoms with van der Waals surface area (Å²) in [7, 11) is 0. The molecule has 1 aliphatic carbocycles. The van der Waals surface area contributed by atoms with Crippen LogP contribution in [0.15, 0.2) is 36.4 Å². The highest BCUT2D eigenvalue weighted by molar-refractivity contribution is 5.96. The van der Waals surface area contributed by atoms with Crippen LogP contribution in [-0.4, -0.2) is 36.4 Å². The van der Waals surface area contributed by atoms with Crippen molar-refractivity contribution in [2.45, 2.75) is 56.8 Å². The number of halogens is 1. The number of anilines is 1. The SMILES string of the molecule is O=C(C1CCOCC1)N1CCCc2nc(C3(C(=O)Cc4ccc(F)cc4)CCC3)ccc21. The van der Waals surface area contributed by atoms with Gasteiger partial charge >= 0.3 is 0 Å². The van der Waals surface area contributed by atoms with Crippen LogP contribution in [-0.2, 0) is 32.6 Å². The molecule has 6 heteroatoms. The Labute approximate surface area is 188 Å². The summed E-state index contributed by atoms with van der Waals surface area (Å²) in [5.74, 6) is 0.0451. The fourth-order valence-corrected chi connectivity index (χ4v) is 5.27. The number of Topliss-reactive ketones (excluding diaryl/α,β-unsaturated/α-hetero) is 1. The summed E-state index contributed by atoms with van der Waals surface area (Å²) in [6.45, 7) is 2.01. The van der Waals surface area contributed by atoms with Crippen molar-refractivity contribution in [1.29, 1.82) is 0 Å². The Bertz CT molecular complexity index is 1010. The van der Waals surface area contributed by atoms with Crippen molar-refractivity contribution in [2.75, 3.05) is 24.7 Å². The van der Waals surface area contributed by atoms with E-state index in [2.05, 4.69) is 0 Å². The molecule has 1 saturated heterocycles. The lowest BCUT2D eigenvalue weighted by Crippen LogP contribution is -2.45. The van der Waals surface area contributed by atoms with Crippen molar-refractivity contribution in [2.24, 2.45) is 5.92 Å². The second-order valence-corrected chi connectivity index (χ2v) is 9.30. The first-order valence-corrected chi connectivity index (χ1v) is 11.7. The number of aryl methyl sites for hydroxylation is 1. The normalized spacial score (nSPS) is 20.3. The van der Waals surface area contributed by atoms with E-state index in [1.807, 2.05) is 17.0 Å². The monoisotopic (exact) mass is 436 g/mol. The zero-order valence-electron chi connectivity index (χ0n) is 18.3. The molecule has 1 amide bonds. The summed E-state index contributed by atoms with van der Waals surface area (Å²) in [6, 6.07) is 10.1. The number of ether oxygens (including phenoxy) is 1. The van der Waals surface area contributed by atoms with Crippen LogP contribution in [0, 0.1) is 11.7 Å². The third kappa shape index (κ3) is 3.85. The number of aromatic nitrogens is 1. The molecule has 2 aliphatic heterocycles. The molecule has 5 nitrogen and oxygen atoms in total. The van der Waals surface area contributed by atoms with Gasteiger partial charge in [0.25, 0.3) is 0 Å². The van der Waals surface area contributed by atoms with E-state index in [-0.39, 0.29) is 29.8 Å². The maximum atomic E-state index is 13.3. The van der Waals surface area contributed by atoms with E-state index >= 15 is 0 Å². The molecule has 3 aliphatic rings. The first kappa shape index (κ1) is 21.3. The molecular weight excluding hydrogens is 407 g/mol. The van der Waals surface area contributed by atoms with E-state index in [0.29, 0.717) is 13.2 Å². The van der Waals surface area contributed by atoms with Gasteiger partial charge in [0.15, 0.2) is 0 Å². The molecule has 0 unspecified atom stereocenters. The summed E-state index contributed by atoms with van der Waals surface area (Å²) in [4.78, 5) is 33.4. The molecule has 2 fully saturated rings. The second-order valence-electron chi connectivity index (χ2n) is 9.30. The lowest BCUT2D eigenvalue weighted by Gasteiger charge is -2.41. The maximum absolute atomic E-state index is 13.3. The minimum Gasteiger partial charge on any atom is -0.381 e. The molecule has 0 atom stereocenters. The van der Waals surface area contributed by atoms with Gasteiger partial charge in [0, 0.05) is 32.1 Å². The maximum Gasteiger partial charge on any atom is 0.230 e. The summed E-state index contributed by atoms with van der Waals surface area (Å²) in [6.07, 6.45) is 6.13.